The van der Waals surface area contributed by atoms with Gasteiger partial charge in [-0.1, -0.05) is 0 Å². The molecule has 0 spiro atoms. The Morgan fingerprint density at radius 2 is 1.65 bits per heavy atom. The molecule has 3 rings (SSSR count). The Morgan fingerprint density at radius 1 is 1.09 bits per heavy atom. The summed E-state index contributed by atoms with van der Waals surface area (Å²) in [7, 11) is 0.576. The Balaban J connectivity index is 2.17. The molecule has 1 aromatic carbocycles. The molecule has 1 aliphatic rings. The fourth-order valence-electron chi connectivity index (χ4n) is 2.60. The van der Waals surface area contributed by atoms with Gasteiger partial charge < -0.3 is 13.9 Å². The second-order valence-electron chi connectivity index (χ2n) is 6.87. The summed E-state index contributed by atoms with van der Waals surface area (Å²) in [5.74, 6) is 0. The van der Waals surface area contributed by atoms with Crippen LogP contribution in [0.4, 0.5) is 13.2 Å². The lowest BCUT2D eigenvalue weighted by molar-refractivity contribution is -0.136. The van der Waals surface area contributed by atoms with Crippen LogP contribution in [0.5, 0.6) is 0 Å². The first kappa shape index (κ1) is 16.3. The summed E-state index contributed by atoms with van der Waals surface area (Å²) in [5, 5.41) is 0. The number of imidazole rings is 1. The van der Waals surface area contributed by atoms with E-state index in [1.54, 1.807) is 39.3 Å². The standard InChI is InChI=1S/C15H18BF3N2O2/c1-13(2)14(3,4)23-16(22-13)10-7-11-12(21(5)8-20-11)6-9(10)15(17,18)19/h6-8H,1-5H3. The first-order chi connectivity index (χ1) is 10.4. The molecule has 124 valence electrons. The Bertz CT molecular complexity index is 752. The van der Waals surface area contributed by atoms with E-state index in [0.717, 1.165) is 6.07 Å². The average Bonchev–Trinajstić information content (AvgIpc) is 2.85. The maximum atomic E-state index is 13.5. The number of hydrogen-bond donors (Lipinski definition) is 0. The van der Waals surface area contributed by atoms with Crippen LogP contribution in [-0.2, 0) is 22.5 Å². The van der Waals surface area contributed by atoms with Crippen molar-refractivity contribution in [1.82, 2.24) is 9.55 Å². The summed E-state index contributed by atoms with van der Waals surface area (Å²) in [6, 6.07) is 2.50. The van der Waals surface area contributed by atoms with E-state index >= 15 is 0 Å². The number of halogens is 3. The van der Waals surface area contributed by atoms with Gasteiger partial charge in [0.05, 0.1) is 34.1 Å². The fourth-order valence-corrected chi connectivity index (χ4v) is 2.60. The van der Waals surface area contributed by atoms with Crippen LogP contribution >= 0.6 is 0 Å². The van der Waals surface area contributed by atoms with Crippen molar-refractivity contribution >= 4 is 23.6 Å². The van der Waals surface area contributed by atoms with Crippen LogP contribution in [0.1, 0.15) is 33.3 Å². The molecule has 2 aromatic rings. The Labute approximate surface area is 132 Å². The predicted molar refractivity (Wildman–Crippen MR) is 81.4 cm³/mol. The van der Waals surface area contributed by atoms with Crippen molar-refractivity contribution in [2.24, 2.45) is 7.05 Å². The molecule has 1 saturated heterocycles. The molecule has 0 bridgehead atoms. The zero-order valence-electron chi connectivity index (χ0n) is 13.7. The molecule has 0 aliphatic carbocycles. The predicted octanol–water partition coefficient (Wildman–Crippen LogP) is 2.89. The summed E-state index contributed by atoms with van der Waals surface area (Å²) in [6.45, 7) is 7.22. The molecule has 0 unspecified atom stereocenters. The monoisotopic (exact) mass is 326 g/mol. The second kappa shape index (κ2) is 4.74. The molecular weight excluding hydrogens is 308 g/mol. The van der Waals surface area contributed by atoms with Gasteiger partial charge in [-0.2, -0.15) is 13.2 Å². The van der Waals surface area contributed by atoms with Crippen molar-refractivity contribution in [3.8, 4) is 0 Å². The third-order valence-corrected chi connectivity index (χ3v) is 4.71. The maximum absolute atomic E-state index is 13.5. The minimum Gasteiger partial charge on any atom is -0.399 e. The smallest absolute Gasteiger partial charge is 0.399 e. The maximum Gasteiger partial charge on any atom is 0.495 e. The summed E-state index contributed by atoms with van der Waals surface area (Å²) in [5.41, 5.74) is -1.32. The SMILES string of the molecule is Cn1cnc2cc(B3OC(C)(C)C(C)(C)O3)c(C(F)(F)F)cc21. The van der Waals surface area contributed by atoms with Crippen molar-refractivity contribution in [2.75, 3.05) is 0 Å². The molecule has 1 aliphatic heterocycles. The molecule has 0 saturated carbocycles. The number of aromatic nitrogens is 2. The van der Waals surface area contributed by atoms with Gasteiger partial charge in [0.15, 0.2) is 0 Å². The number of alkyl halides is 3. The van der Waals surface area contributed by atoms with Gasteiger partial charge in [-0.05, 0) is 45.3 Å². The minimum absolute atomic E-state index is 0.0395. The fraction of sp³-hybridized carbons (Fsp3) is 0.533. The number of nitrogens with zero attached hydrogens (tertiary/aromatic N) is 2. The molecule has 1 aromatic heterocycles. The van der Waals surface area contributed by atoms with Crippen LogP contribution in [0.25, 0.3) is 11.0 Å². The zero-order valence-corrected chi connectivity index (χ0v) is 13.7. The Morgan fingerprint density at radius 3 is 2.17 bits per heavy atom. The molecule has 0 N–H and O–H groups in total. The first-order valence-corrected chi connectivity index (χ1v) is 7.30. The van der Waals surface area contributed by atoms with E-state index in [2.05, 4.69) is 4.98 Å². The van der Waals surface area contributed by atoms with Crippen LogP contribution in [0.15, 0.2) is 18.5 Å². The quantitative estimate of drug-likeness (QED) is 0.756. The molecule has 23 heavy (non-hydrogen) atoms. The number of hydrogen-bond acceptors (Lipinski definition) is 3. The van der Waals surface area contributed by atoms with Gasteiger partial charge in [0.1, 0.15) is 0 Å². The van der Waals surface area contributed by atoms with Gasteiger partial charge in [-0.15, -0.1) is 0 Å². The average molecular weight is 326 g/mol. The van der Waals surface area contributed by atoms with Crippen LogP contribution in [0.3, 0.4) is 0 Å². The number of aryl methyl sites for hydroxylation is 1. The molecule has 0 amide bonds. The molecule has 1 fully saturated rings. The van der Waals surface area contributed by atoms with Crippen LogP contribution in [0, 0.1) is 0 Å². The van der Waals surface area contributed by atoms with E-state index < -0.39 is 30.1 Å². The van der Waals surface area contributed by atoms with E-state index in [-0.39, 0.29) is 5.46 Å². The van der Waals surface area contributed by atoms with Crippen LogP contribution in [-0.4, -0.2) is 27.9 Å². The highest BCUT2D eigenvalue weighted by molar-refractivity contribution is 6.63. The highest BCUT2D eigenvalue weighted by Gasteiger charge is 2.53. The molecule has 2 heterocycles. The van der Waals surface area contributed by atoms with E-state index in [1.807, 2.05) is 0 Å². The number of benzene rings is 1. The lowest BCUT2D eigenvalue weighted by Gasteiger charge is -2.32. The lowest BCUT2D eigenvalue weighted by atomic mass is 9.75. The van der Waals surface area contributed by atoms with E-state index in [4.69, 9.17) is 9.31 Å². The summed E-state index contributed by atoms with van der Waals surface area (Å²) in [6.07, 6.45) is -3.02. The molecule has 4 nitrogen and oxygen atoms in total. The van der Waals surface area contributed by atoms with Gasteiger partial charge in [0.25, 0.3) is 0 Å². The van der Waals surface area contributed by atoms with E-state index in [1.165, 1.54) is 12.4 Å². The van der Waals surface area contributed by atoms with Crippen molar-refractivity contribution in [2.45, 2.75) is 45.1 Å². The number of rotatable bonds is 1. The zero-order chi connectivity index (χ0) is 17.2. The second-order valence-corrected chi connectivity index (χ2v) is 6.87. The van der Waals surface area contributed by atoms with Gasteiger partial charge in [0, 0.05) is 7.05 Å². The van der Waals surface area contributed by atoms with Crippen molar-refractivity contribution < 1.29 is 22.5 Å². The largest absolute Gasteiger partial charge is 0.495 e. The molecule has 8 heteroatoms. The third kappa shape index (κ3) is 2.53. The van der Waals surface area contributed by atoms with Gasteiger partial charge in [-0.25, -0.2) is 4.98 Å². The van der Waals surface area contributed by atoms with Crippen molar-refractivity contribution in [3.05, 3.63) is 24.0 Å². The lowest BCUT2D eigenvalue weighted by Crippen LogP contribution is -2.41. The van der Waals surface area contributed by atoms with Gasteiger partial charge in [0.2, 0.25) is 0 Å². The summed E-state index contributed by atoms with van der Waals surface area (Å²) >= 11 is 0. The third-order valence-electron chi connectivity index (χ3n) is 4.71. The van der Waals surface area contributed by atoms with Crippen molar-refractivity contribution in [3.63, 3.8) is 0 Å². The molecule has 0 radical (unpaired) electrons. The summed E-state index contributed by atoms with van der Waals surface area (Å²) < 4.78 is 53.7. The number of fused-ring (bicyclic) bond motifs is 1. The first-order valence-electron chi connectivity index (χ1n) is 7.30. The van der Waals surface area contributed by atoms with Gasteiger partial charge >= 0.3 is 13.3 Å². The van der Waals surface area contributed by atoms with E-state index in [0.29, 0.717) is 11.0 Å². The molecule has 0 atom stereocenters. The van der Waals surface area contributed by atoms with Crippen LogP contribution < -0.4 is 5.46 Å². The van der Waals surface area contributed by atoms with Crippen molar-refractivity contribution in [1.29, 1.82) is 0 Å². The highest BCUT2D eigenvalue weighted by atomic mass is 19.4. The Hall–Kier alpha value is -1.54. The summed E-state index contributed by atoms with van der Waals surface area (Å²) in [4.78, 5) is 4.13. The van der Waals surface area contributed by atoms with Crippen LogP contribution in [0.2, 0.25) is 0 Å². The topological polar surface area (TPSA) is 36.3 Å². The highest BCUT2D eigenvalue weighted by Crippen LogP contribution is 2.38. The Kier molecular flexibility index (Phi) is 3.36. The molecular formula is C15H18BF3N2O2. The minimum atomic E-state index is -4.50. The van der Waals surface area contributed by atoms with Gasteiger partial charge in [-0.3, -0.25) is 0 Å². The van der Waals surface area contributed by atoms with E-state index in [9.17, 15) is 13.2 Å². The normalized spacial score (nSPS) is 20.4.